The molecule has 1 fully saturated rings. The van der Waals surface area contributed by atoms with Crippen LogP contribution in [-0.2, 0) is 14.6 Å². The van der Waals surface area contributed by atoms with E-state index in [1.165, 1.54) is 6.26 Å². The summed E-state index contributed by atoms with van der Waals surface area (Å²) in [6.45, 7) is 6.96. The van der Waals surface area contributed by atoms with Crippen LogP contribution in [0.3, 0.4) is 0 Å². The van der Waals surface area contributed by atoms with Crippen molar-refractivity contribution in [3.05, 3.63) is 53.6 Å². The largest absolute Gasteiger partial charge is 0.444 e. The van der Waals surface area contributed by atoms with Gasteiger partial charge in [0.25, 0.3) is 5.91 Å². The fourth-order valence-corrected chi connectivity index (χ4v) is 5.41. The molecule has 4 rings (SSSR count). The molecule has 7 nitrogen and oxygen atoms in total. The van der Waals surface area contributed by atoms with E-state index in [2.05, 4.69) is 5.32 Å². The van der Waals surface area contributed by atoms with Crippen LogP contribution < -0.4 is 5.32 Å². The lowest BCUT2D eigenvalue weighted by molar-refractivity contribution is 0.0287. The van der Waals surface area contributed by atoms with Gasteiger partial charge in [0.2, 0.25) is 0 Å². The molecule has 0 bridgehead atoms. The first-order chi connectivity index (χ1) is 14.9. The highest BCUT2D eigenvalue weighted by Crippen LogP contribution is 2.39. The van der Waals surface area contributed by atoms with E-state index in [-0.39, 0.29) is 28.7 Å². The van der Waals surface area contributed by atoms with E-state index in [0.717, 1.165) is 5.56 Å². The van der Waals surface area contributed by atoms with Gasteiger partial charge in [-0.1, -0.05) is 30.3 Å². The minimum Gasteiger partial charge on any atom is -0.444 e. The molecule has 2 aromatic carbocycles. The molecule has 1 saturated heterocycles. The molecule has 32 heavy (non-hydrogen) atoms. The smallest absolute Gasteiger partial charge is 0.410 e. The zero-order valence-corrected chi connectivity index (χ0v) is 19.5. The first-order valence-electron chi connectivity index (χ1n) is 10.6. The number of likely N-dealkylation sites (tertiary alicyclic amines) is 1. The van der Waals surface area contributed by atoms with E-state index in [1.54, 1.807) is 35.2 Å². The first-order valence-corrected chi connectivity index (χ1v) is 12.5. The van der Waals surface area contributed by atoms with E-state index >= 15 is 0 Å². The number of nitrogens with zero attached hydrogens (tertiary/aromatic N) is 1. The monoisotopic (exact) mass is 456 g/mol. The number of hydrogen-bond acceptors (Lipinski definition) is 5. The Hall–Kier alpha value is -2.87. The Kier molecular flexibility index (Phi) is 5.53. The average Bonchev–Trinajstić information content (AvgIpc) is 3.09. The van der Waals surface area contributed by atoms with E-state index in [0.29, 0.717) is 36.3 Å². The summed E-state index contributed by atoms with van der Waals surface area (Å²) in [5, 5.41) is 2.97. The van der Waals surface area contributed by atoms with Crippen molar-refractivity contribution < 1.29 is 22.7 Å². The van der Waals surface area contributed by atoms with Gasteiger partial charge in [-0.05, 0) is 44.0 Å². The Morgan fingerprint density at radius 2 is 1.81 bits per heavy atom. The second-order valence-corrected chi connectivity index (χ2v) is 11.5. The van der Waals surface area contributed by atoms with Gasteiger partial charge in [0.05, 0.1) is 4.90 Å². The minimum absolute atomic E-state index is 0.00401. The number of fused-ring (bicyclic) bond motifs is 3. The van der Waals surface area contributed by atoms with Crippen molar-refractivity contribution in [2.24, 2.45) is 5.92 Å². The van der Waals surface area contributed by atoms with Gasteiger partial charge in [0.15, 0.2) is 9.84 Å². The van der Waals surface area contributed by atoms with Crippen LogP contribution in [-0.4, -0.2) is 56.8 Å². The summed E-state index contributed by atoms with van der Waals surface area (Å²) < 4.78 is 30.0. The van der Waals surface area contributed by atoms with Gasteiger partial charge in [-0.15, -0.1) is 0 Å². The Morgan fingerprint density at radius 1 is 1.09 bits per heavy atom. The number of carbonyl (C=O) groups is 2. The van der Waals surface area contributed by atoms with Gasteiger partial charge in [-0.2, -0.15) is 0 Å². The molecule has 0 unspecified atom stereocenters. The number of sulfone groups is 1. The summed E-state index contributed by atoms with van der Waals surface area (Å²) >= 11 is 0. The molecule has 1 N–H and O–H groups in total. The third kappa shape index (κ3) is 4.37. The first kappa shape index (κ1) is 22.3. The molecular weight excluding hydrogens is 428 g/mol. The van der Waals surface area contributed by atoms with Crippen molar-refractivity contribution in [2.75, 3.05) is 25.9 Å². The molecule has 0 aromatic heterocycles. The van der Waals surface area contributed by atoms with E-state index in [4.69, 9.17) is 4.74 Å². The number of carbonyl (C=O) groups excluding carboxylic acids is 2. The lowest BCUT2D eigenvalue weighted by Crippen LogP contribution is -2.36. The van der Waals surface area contributed by atoms with Crippen LogP contribution in [0.1, 0.15) is 42.6 Å². The number of rotatable bonds is 2. The molecule has 2 aromatic rings. The van der Waals surface area contributed by atoms with Crippen LogP contribution in [0.5, 0.6) is 0 Å². The zero-order valence-electron chi connectivity index (χ0n) is 18.7. The van der Waals surface area contributed by atoms with E-state index in [9.17, 15) is 18.0 Å². The van der Waals surface area contributed by atoms with Gasteiger partial charge in [0, 0.05) is 48.9 Å². The highest BCUT2D eigenvalue weighted by molar-refractivity contribution is 7.90. The number of benzene rings is 2. The topological polar surface area (TPSA) is 92.8 Å². The maximum absolute atomic E-state index is 12.9. The maximum Gasteiger partial charge on any atom is 0.410 e. The average molecular weight is 457 g/mol. The summed E-state index contributed by atoms with van der Waals surface area (Å²) in [6, 6.07) is 12.3. The van der Waals surface area contributed by atoms with Crippen molar-refractivity contribution in [3.63, 3.8) is 0 Å². The van der Waals surface area contributed by atoms with Gasteiger partial charge >= 0.3 is 6.09 Å². The number of amides is 2. The van der Waals surface area contributed by atoms with Crippen LogP contribution in [0.15, 0.2) is 47.4 Å². The van der Waals surface area contributed by atoms with Gasteiger partial charge in [-0.3, -0.25) is 4.79 Å². The Morgan fingerprint density at radius 3 is 2.50 bits per heavy atom. The second-order valence-electron chi connectivity index (χ2n) is 9.53. The normalized spacial score (nSPS) is 20.8. The molecule has 0 radical (unpaired) electrons. The van der Waals surface area contributed by atoms with Crippen molar-refractivity contribution in [2.45, 2.75) is 37.2 Å². The Labute approximate surface area is 188 Å². The summed E-state index contributed by atoms with van der Waals surface area (Å²) in [6.07, 6.45) is 0.827. The number of ether oxygens (including phenoxy) is 1. The maximum atomic E-state index is 12.9. The highest BCUT2D eigenvalue weighted by Gasteiger charge is 2.41. The van der Waals surface area contributed by atoms with Crippen LogP contribution >= 0.6 is 0 Å². The SMILES string of the molecule is CC(C)(C)OC(=O)N1C[C@H]2CNC(=O)c3cc(-c4ccccc4S(C)(=O)=O)ccc3[C@@H]2C1. The zero-order chi connectivity index (χ0) is 23.3. The summed E-state index contributed by atoms with van der Waals surface area (Å²) in [7, 11) is -3.43. The van der Waals surface area contributed by atoms with Crippen molar-refractivity contribution in [3.8, 4) is 11.1 Å². The van der Waals surface area contributed by atoms with Crippen molar-refractivity contribution in [1.82, 2.24) is 10.2 Å². The van der Waals surface area contributed by atoms with E-state index < -0.39 is 15.4 Å². The lowest BCUT2D eigenvalue weighted by Gasteiger charge is -2.24. The molecule has 2 aliphatic heterocycles. The molecule has 2 atom stereocenters. The molecule has 2 amide bonds. The molecule has 8 heteroatoms. The van der Waals surface area contributed by atoms with Crippen LogP contribution in [0, 0.1) is 5.92 Å². The third-order valence-electron chi connectivity index (χ3n) is 5.91. The predicted octanol–water partition coefficient (Wildman–Crippen LogP) is 3.45. The molecule has 2 aliphatic rings. The van der Waals surface area contributed by atoms with Crippen molar-refractivity contribution in [1.29, 1.82) is 0 Å². The summed E-state index contributed by atoms with van der Waals surface area (Å²) in [4.78, 5) is 27.4. The molecule has 0 saturated carbocycles. The Balaban J connectivity index is 1.70. The van der Waals surface area contributed by atoms with Gasteiger partial charge in [0.1, 0.15) is 5.60 Å². The molecule has 0 spiro atoms. The second kappa shape index (κ2) is 7.92. The van der Waals surface area contributed by atoms with Crippen LogP contribution in [0.2, 0.25) is 0 Å². The fraction of sp³-hybridized carbons (Fsp3) is 0.417. The highest BCUT2D eigenvalue weighted by atomic mass is 32.2. The van der Waals surface area contributed by atoms with Crippen LogP contribution in [0.25, 0.3) is 11.1 Å². The quantitative estimate of drug-likeness (QED) is 0.747. The number of nitrogens with one attached hydrogen (secondary N) is 1. The molecule has 2 heterocycles. The van der Waals surface area contributed by atoms with Crippen molar-refractivity contribution >= 4 is 21.8 Å². The van der Waals surface area contributed by atoms with E-state index in [1.807, 2.05) is 32.9 Å². The van der Waals surface area contributed by atoms with Gasteiger partial charge < -0.3 is 15.0 Å². The summed E-state index contributed by atoms with van der Waals surface area (Å²) in [5.41, 5.74) is 2.05. The molecule has 170 valence electrons. The fourth-order valence-electron chi connectivity index (χ4n) is 4.50. The standard InChI is InChI=1S/C24H28N2O5S/c1-24(2,3)31-23(28)26-13-16-12-25-22(27)19-11-15(9-10-18(19)20(16)14-26)17-7-5-6-8-21(17)32(4,29)30/h5-11,16,20H,12-14H2,1-4H3,(H,25,27)/t16-,20-/m1/s1. The minimum atomic E-state index is -3.43. The third-order valence-corrected chi connectivity index (χ3v) is 7.07. The number of hydrogen-bond donors (Lipinski definition) is 1. The lowest BCUT2D eigenvalue weighted by atomic mass is 9.86. The summed E-state index contributed by atoms with van der Waals surface area (Å²) in [5.74, 6) is -0.102. The Bertz CT molecular complexity index is 1180. The predicted molar refractivity (Wildman–Crippen MR) is 121 cm³/mol. The van der Waals surface area contributed by atoms with Crippen LogP contribution in [0.4, 0.5) is 4.79 Å². The molecule has 0 aliphatic carbocycles. The molecular formula is C24H28N2O5S. The van der Waals surface area contributed by atoms with Gasteiger partial charge in [-0.25, -0.2) is 13.2 Å².